The zero-order valence-corrected chi connectivity index (χ0v) is 18.0. The summed E-state index contributed by atoms with van der Waals surface area (Å²) < 4.78 is 5.37. The molecule has 1 fully saturated rings. The lowest BCUT2D eigenvalue weighted by Crippen LogP contribution is -2.45. The topological polar surface area (TPSA) is 62.6 Å². The average molecular weight is 443 g/mol. The van der Waals surface area contributed by atoms with Gasteiger partial charge in [0.05, 0.1) is 12.8 Å². The molecular formula is C23H23ClN2O3S. The molecule has 3 aromatic rings. The van der Waals surface area contributed by atoms with Gasteiger partial charge < -0.3 is 14.6 Å². The number of carbonyl (C=O) groups excluding carboxylic acids is 2. The molecule has 7 heteroatoms. The first-order valence-electron chi connectivity index (χ1n) is 10.0. The number of rotatable bonds is 7. The summed E-state index contributed by atoms with van der Waals surface area (Å²) in [5, 5.41) is 5.70. The van der Waals surface area contributed by atoms with Gasteiger partial charge >= 0.3 is 0 Å². The van der Waals surface area contributed by atoms with E-state index in [1.807, 2.05) is 17.5 Å². The Morgan fingerprint density at radius 3 is 2.53 bits per heavy atom. The number of amides is 2. The molecule has 0 unspecified atom stereocenters. The van der Waals surface area contributed by atoms with Gasteiger partial charge in [0.15, 0.2) is 5.76 Å². The van der Waals surface area contributed by atoms with Crippen molar-refractivity contribution in [3.8, 4) is 0 Å². The predicted octanol–water partition coefficient (Wildman–Crippen LogP) is 5.44. The molecule has 30 heavy (non-hydrogen) atoms. The van der Waals surface area contributed by atoms with Crippen molar-refractivity contribution in [2.24, 2.45) is 0 Å². The van der Waals surface area contributed by atoms with Gasteiger partial charge in [-0.15, -0.1) is 11.3 Å². The fourth-order valence-corrected chi connectivity index (χ4v) is 4.69. The summed E-state index contributed by atoms with van der Waals surface area (Å²) in [5.41, 5.74) is 0.714. The first-order valence-corrected chi connectivity index (χ1v) is 11.3. The number of hydrogen-bond acceptors (Lipinski definition) is 4. The van der Waals surface area contributed by atoms with E-state index in [1.54, 1.807) is 52.6 Å². The van der Waals surface area contributed by atoms with Gasteiger partial charge in [-0.1, -0.05) is 42.6 Å². The van der Waals surface area contributed by atoms with Crippen LogP contribution < -0.4 is 5.32 Å². The summed E-state index contributed by atoms with van der Waals surface area (Å²) in [7, 11) is 0. The third kappa shape index (κ3) is 4.77. The molecular weight excluding hydrogens is 420 g/mol. The number of halogens is 1. The minimum absolute atomic E-state index is 0.148. The number of nitrogens with zero attached hydrogens (tertiary/aromatic N) is 1. The fraction of sp³-hybridized carbons (Fsp3) is 0.304. The SMILES string of the molecule is O=C(NC1CCCC1)[C@H](c1ccc(Cl)cc1)N(Cc1cccs1)C(=O)c1ccco1. The Balaban J connectivity index is 1.71. The van der Waals surface area contributed by atoms with E-state index in [0.717, 1.165) is 30.6 Å². The van der Waals surface area contributed by atoms with E-state index in [1.165, 1.54) is 6.26 Å². The highest BCUT2D eigenvalue weighted by Gasteiger charge is 2.34. The fourth-order valence-electron chi connectivity index (χ4n) is 3.86. The number of carbonyl (C=O) groups is 2. The lowest BCUT2D eigenvalue weighted by molar-refractivity contribution is -0.126. The lowest BCUT2D eigenvalue weighted by atomic mass is 10.0. The van der Waals surface area contributed by atoms with Gasteiger partial charge in [0, 0.05) is 15.9 Å². The Morgan fingerprint density at radius 1 is 1.13 bits per heavy atom. The second kappa shape index (κ2) is 9.49. The minimum Gasteiger partial charge on any atom is -0.459 e. The van der Waals surface area contributed by atoms with Gasteiger partial charge in [-0.05, 0) is 54.1 Å². The summed E-state index contributed by atoms with van der Waals surface area (Å²) in [5.74, 6) is -0.296. The van der Waals surface area contributed by atoms with E-state index in [2.05, 4.69) is 5.32 Å². The number of furan rings is 1. The molecule has 0 spiro atoms. The molecule has 0 bridgehead atoms. The normalized spacial score (nSPS) is 15.1. The van der Waals surface area contributed by atoms with Crippen LogP contribution in [0.1, 0.15) is 52.7 Å². The third-order valence-corrected chi connectivity index (χ3v) is 6.46. The molecule has 0 saturated heterocycles. The van der Waals surface area contributed by atoms with Crippen molar-refractivity contribution >= 4 is 34.8 Å². The number of thiophene rings is 1. The van der Waals surface area contributed by atoms with Crippen LogP contribution in [0.4, 0.5) is 0 Å². The van der Waals surface area contributed by atoms with Crippen LogP contribution in [0.3, 0.4) is 0 Å². The Hall–Kier alpha value is -2.57. The van der Waals surface area contributed by atoms with Crippen molar-refractivity contribution in [1.82, 2.24) is 10.2 Å². The molecule has 0 aliphatic heterocycles. The predicted molar refractivity (Wildman–Crippen MR) is 117 cm³/mol. The Morgan fingerprint density at radius 2 is 1.90 bits per heavy atom. The number of benzene rings is 1. The molecule has 1 atom stereocenters. The second-order valence-electron chi connectivity index (χ2n) is 7.43. The van der Waals surface area contributed by atoms with Gasteiger partial charge in [0.1, 0.15) is 6.04 Å². The van der Waals surface area contributed by atoms with Gasteiger partial charge in [-0.3, -0.25) is 9.59 Å². The minimum atomic E-state index is -0.789. The van der Waals surface area contributed by atoms with E-state index >= 15 is 0 Å². The largest absolute Gasteiger partial charge is 0.459 e. The number of hydrogen-bond donors (Lipinski definition) is 1. The van der Waals surface area contributed by atoms with E-state index < -0.39 is 6.04 Å². The van der Waals surface area contributed by atoms with Crippen molar-refractivity contribution < 1.29 is 14.0 Å². The van der Waals surface area contributed by atoms with Crippen LogP contribution in [0.25, 0.3) is 0 Å². The highest BCUT2D eigenvalue weighted by atomic mass is 35.5. The molecule has 0 radical (unpaired) electrons. The van der Waals surface area contributed by atoms with Gasteiger partial charge in [-0.2, -0.15) is 0 Å². The summed E-state index contributed by atoms with van der Waals surface area (Å²) >= 11 is 7.63. The van der Waals surface area contributed by atoms with Crippen molar-refractivity contribution in [3.63, 3.8) is 0 Å². The lowest BCUT2D eigenvalue weighted by Gasteiger charge is -2.31. The third-order valence-electron chi connectivity index (χ3n) is 5.35. The van der Waals surface area contributed by atoms with Crippen molar-refractivity contribution in [3.05, 3.63) is 81.4 Å². The monoisotopic (exact) mass is 442 g/mol. The van der Waals surface area contributed by atoms with Crippen LogP contribution in [-0.2, 0) is 11.3 Å². The standard InChI is InChI=1S/C23H23ClN2O3S/c24-17-11-9-16(10-12-17)21(22(27)25-18-5-1-2-6-18)26(15-19-7-4-14-30-19)23(28)20-8-3-13-29-20/h3-4,7-14,18,21H,1-2,5-6,15H2,(H,25,27)/t21-/m0/s1. The molecule has 1 N–H and O–H groups in total. The van der Waals surface area contributed by atoms with Gasteiger partial charge in [0.25, 0.3) is 5.91 Å². The van der Waals surface area contributed by atoms with Crippen LogP contribution >= 0.6 is 22.9 Å². The highest BCUT2D eigenvalue weighted by Crippen LogP contribution is 2.29. The summed E-state index contributed by atoms with van der Waals surface area (Å²) in [6.45, 7) is 0.308. The van der Waals surface area contributed by atoms with Crippen LogP contribution in [0, 0.1) is 0 Å². The van der Waals surface area contributed by atoms with Crippen molar-refractivity contribution in [2.45, 2.75) is 44.3 Å². The van der Waals surface area contributed by atoms with E-state index in [-0.39, 0.29) is 23.6 Å². The van der Waals surface area contributed by atoms with Gasteiger partial charge in [-0.25, -0.2) is 0 Å². The molecule has 2 aromatic heterocycles. The zero-order chi connectivity index (χ0) is 20.9. The van der Waals surface area contributed by atoms with Crippen LogP contribution in [0.5, 0.6) is 0 Å². The Labute approximate surface area is 184 Å². The maximum atomic E-state index is 13.5. The zero-order valence-electron chi connectivity index (χ0n) is 16.4. The quantitative estimate of drug-likeness (QED) is 0.530. The number of nitrogens with one attached hydrogen (secondary N) is 1. The molecule has 1 saturated carbocycles. The Bertz CT molecular complexity index is 965. The first-order chi connectivity index (χ1) is 14.6. The summed E-state index contributed by atoms with van der Waals surface area (Å²) in [4.78, 5) is 29.4. The molecule has 1 aromatic carbocycles. The first kappa shape index (κ1) is 20.7. The smallest absolute Gasteiger partial charge is 0.290 e. The van der Waals surface area contributed by atoms with Crippen molar-refractivity contribution in [2.75, 3.05) is 0 Å². The van der Waals surface area contributed by atoms with Crippen LogP contribution in [-0.4, -0.2) is 22.8 Å². The molecule has 2 amide bonds. The van der Waals surface area contributed by atoms with Crippen molar-refractivity contribution in [1.29, 1.82) is 0 Å². The second-order valence-corrected chi connectivity index (χ2v) is 8.90. The molecule has 2 heterocycles. The van der Waals surface area contributed by atoms with Crippen LogP contribution in [0.15, 0.2) is 64.6 Å². The van der Waals surface area contributed by atoms with E-state index in [9.17, 15) is 9.59 Å². The van der Waals surface area contributed by atoms with Gasteiger partial charge in [0.2, 0.25) is 5.91 Å². The molecule has 1 aliphatic rings. The maximum absolute atomic E-state index is 13.5. The molecule has 5 nitrogen and oxygen atoms in total. The maximum Gasteiger partial charge on any atom is 0.290 e. The Kier molecular flexibility index (Phi) is 6.55. The summed E-state index contributed by atoms with van der Waals surface area (Å²) in [6.07, 6.45) is 5.63. The molecule has 1 aliphatic carbocycles. The summed E-state index contributed by atoms with van der Waals surface area (Å²) in [6, 6.07) is 13.6. The van der Waals surface area contributed by atoms with E-state index in [4.69, 9.17) is 16.0 Å². The highest BCUT2D eigenvalue weighted by molar-refractivity contribution is 7.09. The molecule has 4 rings (SSSR count). The average Bonchev–Trinajstić information content (AvgIpc) is 3.52. The van der Waals surface area contributed by atoms with Crippen LogP contribution in [0.2, 0.25) is 5.02 Å². The van der Waals surface area contributed by atoms with E-state index in [0.29, 0.717) is 17.1 Å². The molecule has 156 valence electrons.